The van der Waals surface area contributed by atoms with Gasteiger partial charge in [0.05, 0.1) is 29.8 Å². The third-order valence-electron chi connectivity index (χ3n) is 4.84. The lowest BCUT2D eigenvalue weighted by Gasteiger charge is -2.20. The van der Waals surface area contributed by atoms with Gasteiger partial charge in [-0.2, -0.15) is 0 Å². The van der Waals surface area contributed by atoms with E-state index in [1.807, 2.05) is 37.3 Å². The van der Waals surface area contributed by atoms with Crippen LogP contribution in [-0.2, 0) is 14.3 Å². The molecule has 3 rings (SSSR count). The molecule has 2 aromatic carbocycles. The summed E-state index contributed by atoms with van der Waals surface area (Å²) in [7, 11) is 0. The van der Waals surface area contributed by atoms with E-state index in [9.17, 15) is 14.4 Å². The molecule has 28 heavy (non-hydrogen) atoms. The average molecular weight is 380 g/mol. The van der Waals surface area contributed by atoms with Crippen LogP contribution in [0.25, 0.3) is 0 Å². The standard InChI is InChI=1S/C22H24N2O4/c1-3-28-22(27)18-11-7-8-12-19(18)24-14-17(13-20(24)25)21(26)23-15(2)16-9-5-4-6-10-16/h4-12,15,17H,3,13-14H2,1-2H3,(H,23,26). The molecular weight excluding hydrogens is 356 g/mol. The van der Waals surface area contributed by atoms with Crippen LogP contribution in [0.4, 0.5) is 5.69 Å². The summed E-state index contributed by atoms with van der Waals surface area (Å²) >= 11 is 0. The number of nitrogens with one attached hydrogen (secondary N) is 1. The number of para-hydroxylation sites is 1. The van der Waals surface area contributed by atoms with E-state index < -0.39 is 11.9 Å². The highest BCUT2D eigenvalue weighted by atomic mass is 16.5. The summed E-state index contributed by atoms with van der Waals surface area (Å²) in [5.74, 6) is -1.28. The highest BCUT2D eigenvalue weighted by Crippen LogP contribution is 2.29. The second-order valence-corrected chi connectivity index (χ2v) is 6.78. The monoisotopic (exact) mass is 380 g/mol. The Morgan fingerprint density at radius 3 is 2.54 bits per heavy atom. The smallest absolute Gasteiger partial charge is 0.340 e. The molecular formula is C22H24N2O4. The zero-order valence-corrected chi connectivity index (χ0v) is 16.1. The second-order valence-electron chi connectivity index (χ2n) is 6.78. The van der Waals surface area contributed by atoms with Crippen molar-refractivity contribution in [2.75, 3.05) is 18.1 Å². The summed E-state index contributed by atoms with van der Waals surface area (Å²) in [5, 5.41) is 2.98. The SMILES string of the molecule is CCOC(=O)c1ccccc1N1CC(C(=O)NC(C)c2ccccc2)CC1=O. The Balaban J connectivity index is 1.72. The lowest BCUT2D eigenvalue weighted by molar-refractivity contribution is -0.126. The van der Waals surface area contributed by atoms with Gasteiger partial charge < -0.3 is 15.0 Å². The van der Waals surface area contributed by atoms with Gasteiger partial charge in [-0.25, -0.2) is 4.79 Å². The van der Waals surface area contributed by atoms with E-state index in [-0.39, 0.29) is 37.4 Å². The number of ether oxygens (including phenoxy) is 1. The van der Waals surface area contributed by atoms with Crippen molar-refractivity contribution in [3.63, 3.8) is 0 Å². The second kappa shape index (κ2) is 8.69. The van der Waals surface area contributed by atoms with Crippen molar-refractivity contribution < 1.29 is 19.1 Å². The Labute approximate surface area is 164 Å². The van der Waals surface area contributed by atoms with E-state index in [4.69, 9.17) is 4.74 Å². The van der Waals surface area contributed by atoms with E-state index in [1.54, 1.807) is 31.2 Å². The third-order valence-corrected chi connectivity index (χ3v) is 4.84. The molecule has 1 fully saturated rings. The highest BCUT2D eigenvalue weighted by molar-refractivity contribution is 6.05. The number of hydrogen-bond acceptors (Lipinski definition) is 4. The normalized spacial score (nSPS) is 17.3. The van der Waals surface area contributed by atoms with Crippen molar-refractivity contribution in [1.29, 1.82) is 0 Å². The molecule has 1 aliphatic heterocycles. The molecule has 2 unspecified atom stereocenters. The fraction of sp³-hybridized carbons (Fsp3) is 0.318. The molecule has 0 radical (unpaired) electrons. The van der Waals surface area contributed by atoms with Gasteiger partial charge in [-0.15, -0.1) is 0 Å². The van der Waals surface area contributed by atoms with Crippen LogP contribution in [0.2, 0.25) is 0 Å². The minimum atomic E-state index is -0.475. The van der Waals surface area contributed by atoms with Crippen molar-refractivity contribution in [2.45, 2.75) is 26.3 Å². The maximum Gasteiger partial charge on any atom is 0.340 e. The Bertz CT molecular complexity index is 866. The van der Waals surface area contributed by atoms with Crippen LogP contribution in [0, 0.1) is 5.92 Å². The fourth-order valence-corrected chi connectivity index (χ4v) is 3.36. The first kappa shape index (κ1) is 19.6. The summed E-state index contributed by atoms with van der Waals surface area (Å²) in [6.45, 7) is 4.14. The topological polar surface area (TPSA) is 75.7 Å². The summed E-state index contributed by atoms with van der Waals surface area (Å²) in [6, 6.07) is 16.3. The van der Waals surface area contributed by atoms with Gasteiger partial charge in [0.1, 0.15) is 0 Å². The van der Waals surface area contributed by atoms with Gasteiger partial charge in [0.15, 0.2) is 0 Å². The quantitative estimate of drug-likeness (QED) is 0.782. The minimum Gasteiger partial charge on any atom is -0.462 e. The molecule has 146 valence electrons. The molecule has 1 heterocycles. The van der Waals surface area contributed by atoms with Crippen LogP contribution >= 0.6 is 0 Å². The van der Waals surface area contributed by atoms with Gasteiger partial charge in [-0.1, -0.05) is 42.5 Å². The van der Waals surface area contributed by atoms with Gasteiger partial charge in [-0.3, -0.25) is 9.59 Å². The number of carbonyl (C=O) groups is 3. The van der Waals surface area contributed by atoms with E-state index in [2.05, 4.69) is 5.32 Å². The predicted octanol–water partition coefficient (Wildman–Crippen LogP) is 3.09. The molecule has 2 atom stereocenters. The Morgan fingerprint density at radius 1 is 1.14 bits per heavy atom. The lowest BCUT2D eigenvalue weighted by atomic mass is 10.1. The van der Waals surface area contributed by atoms with Crippen LogP contribution in [-0.4, -0.2) is 30.9 Å². The van der Waals surface area contributed by atoms with Crippen LogP contribution in [0.1, 0.15) is 42.2 Å². The molecule has 6 heteroatoms. The number of anilines is 1. The molecule has 2 amide bonds. The fourth-order valence-electron chi connectivity index (χ4n) is 3.36. The molecule has 2 aromatic rings. The largest absolute Gasteiger partial charge is 0.462 e. The number of carbonyl (C=O) groups excluding carboxylic acids is 3. The zero-order valence-electron chi connectivity index (χ0n) is 16.1. The van der Waals surface area contributed by atoms with E-state index in [0.29, 0.717) is 11.3 Å². The highest BCUT2D eigenvalue weighted by Gasteiger charge is 2.37. The third kappa shape index (κ3) is 4.22. The van der Waals surface area contributed by atoms with Crippen LogP contribution in [0.3, 0.4) is 0 Å². The molecule has 0 spiro atoms. The maximum atomic E-state index is 12.7. The Kier molecular flexibility index (Phi) is 6.09. The Morgan fingerprint density at radius 2 is 1.82 bits per heavy atom. The molecule has 0 aromatic heterocycles. The first-order valence-electron chi connectivity index (χ1n) is 9.43. The lowest BCUT2D eigenvalue weighted by Crippen LogP contribution is -2.34. The van der Waals surface area contributed by atoms with Crippen molar-refractivity contribution >= 4 is 23.5 Å². The Hall–Kier alpha value is -3.15. The van der Waals surface area contributed by atoms with Crippen LogP contribution < -0.4 is 10.2 Å². The van der Waals surface area contributed by atoms with Crippen molar-refractivity contribution in [3.8, 4) is 0 Å². The van der Waals surface area contributed by atoms with Crippen LogP contribution in [0.5, 0.6) is 0 Å². The predicted molar refractivity (Wildman–Crippen MR) is 106 cm³/mol. The summed E-state index contributed by atoms with van der Waals surface area (Å²) < 4.78 is 5.08. The average Bonchev–Trinajstić information content (AvgIpc) is 3.10. The molecule has 0 saturated carbocycles. The molecule has 6 nitrogen and oxygen atoms in total. The summed E-state index contributed by atoms with van der Waals surface area (Å²) in [4.78, 5) is 39.0. The van der Waals surface area contributed by atoms with Gasteiger partial charge in [0, 0.05) is 13.0 Å². The zero-order chi connectivity index (χ0) is 20.1. The van der Waals surface area contributed by atoms with Crippen molar-refractivity contribution in [2.24, 2.45) is 5.92 Å². The number of hydrogen-bond donors (Lipinski definition) is 1. The maximum absolute atomic E-state index is 12.7. The number of nitrogens with zero attached hydrogens (tertiary/aromatic N) is 1. The minimum absolute atomic E-state index is 0.116. The first-order chi connectivity index (χ1) is 13.5. The molecule has 1 N–H and O–H groups in total. The first-order valence-corrected chi connectivity index (χ1v) is 9.43. The van der Waals surface area contributed by atoms with Crippen LogP contribution in [0.15, 0.2) is 54.6 Å². The van der Waals surface area contributed by atoms with Gasteiger partial charge in [-0.05, 0) is 31.5 Å². The number of amides is 2. The molecule has 0 bridgehead atoms. The number of benzene rings is 2. The number of esters is 1. The van der Waals surface area contributed by atoms with Gasteiger partial charge in [0.2, 0.25) is 11.8 Å². The van der Waals surface area contributed by atoms with Gasteiger partial charge in [0.25, 0.3) is 0 Å². The molecule has 1 aliphatic rings. The van der Waals surface area contributed by atoms with Crippen molar-refractivity contribution in [1.82, 2.24) is 5.32 Å². The van der Waals surface area contributed by atoms with E-state index >= 15 is 0 Å². The molecule has 0 aliphatic carbocycles. The summed E-state index contributed by atoms with van der Waals surface area (Å²) in [6.07, 6.45) is 0.116. The summed E-state index contributed by atoms with van der Waals surface area (Å²) in [5.41, 5.74) is 1.82. The number of rotatable bonds is 6. The van der Waals surface area contributed by atoms with Crippen molar-refractivity contribution in [3.05, 3.63) is 65.7 Å². The van der Waals surface area contributed by atoms with E-state index in [1.165, 1.54) is 4.90 Å². The molecule has 1 saturated heterocycles. The van der Waals surface area contributed by atoms with E-state index in [0.717, 1.165) is 5.56 Å². The van der Waals surface area contributed by atoms with Gasteiger partial charge >= 0.3 is 5.97 Å².